The number of allylic oxidation sites excluding steroid dienone is 1. The van der Waals surface area contributed by atoms with Crippen molar-refractivity contribution in [2.75, 3.05) is 0 Å². The average Bonchev–Trinajstić information content (AvgIpc) is 1.96. The Morgan fingerprint density at radius 3 is 2.92 bits per heavy atom. The molecule has 0 radical (unpaired) electrons. The van der Waals surface area contributed by atoms with E-state index in [0.29, 0.717) is 0 Å². The van der Waals surface area contributed by atoms with Crippen molar-refractivity contribution in [3.8, 4) is 0 Å². The molecule has 0 bridgehead atoms. The van der Waals surface area contributed by atoms with Crippen molar-refractivity contribution in [3.63, 3.8) is 0 Å². The number of dihydropyridines is 1. The third kappa shape index (κ3) is 2.33. The van der Waals surface area contributed by atoms with E-state index in [1.54, 1.807) is 0 Å². The van der Waals surface area contributed by atoms with E-state index >= 15 is 0 Å². The lowest BCUT2D eigenvalue weighted by Crippen LogP contribution is -2.14. The predicted molar refractivity (Wildman–Crippen MR) is 53.7 cm³/mol. The van der Waals surface area contributed by atoms with Crippen LogP contribution >= 0.6 is 22.6 Å². The number of hydrogen-bond donors (Lipinski definition) is 0. The molecule has 0 saturated heterocycles. The third-order valence-corrected chi connectivity index (χ3v) is 1.67. The molecule has 0 aromatic carbocycles. The Kier molecular flexibility index (Phi) is 2.85. The molecule has 0 aromatic rings. The van der Waals surface area contributed by atoms with Gasteiger partial charge in [0.25, 0.3) is 5.91 Å². The second kappa shape index (κ2) is 3.70. The van der Waals surface area contributed by atoms with Crippen molar-refractivity contribution in [1.82, 2.24) is 0 Å². The van der Waals surface area contributed by atoms with E-state index in [1.165, 1.54) is 19.2 Å². The highest BCUT2D eigenvalue weighted by molar-refractivity contribution is 14.1. The number of hydrogen-bond acceptors (Lipinski definition) is 2. The molecular formula is C7H5IN2O2. The minimum Gasteiger partial charge on any atom is -0.273 e. The summed E-state index contributed by atoms with van der Waals surface area (Å²) in [5.74, 6) is -0.860. The van der Waals surface area contributed by atoms with Crippen molar-refractivity contribution in [3.05, 3.63) is 9.66 Å². The minimum absolute atomic E-state index is 0.106. The van der Waals surface area contributed by atoms with E-state index in [1.807, 2.05) is 22.6 Å². The fourth-order valence-electron chi connectivity index (χ4n) is 0.666. The molecule has 1 rings (SSSR count). The van der Waals surface area contributed by atoms with Crippen LogP contribution in [0.15, 0.2) is 19.6 Å². The van der Waals surface area contributed by atoms with E-state index < -0.39 is 11.8 Å². The quantitative estimate of drug-likeness (QED) is 0.617. The topological polar surface area (TPSA) is 58.9 Å². The Balaban J connectivity index is 3.00. The zero-order valence-corrected chi connectivity index (χ0v) is 8.40. The Morgan fingerprint density at radius 2 is 2.33 bits per heavy atom. The summed E-state index contributed by atoms with van der Waals surface area (Å²) in [6.45, 7) is 1.29. The molecule has 0 aliphatic carbocycles. The van der Waals surface area contributed by atoms with E-state index in [-0.39, 0.29) is 5.71 Å². The zero-order valence-electron chi connectivity index (χ0n) is 6.24. The highest BCUT2D eigenvalue weighted by atomic mass is 127. The summed E-state index contributed by atoms with van der Waals surface area (Å²) in [5.41, 5.74) is 0.106. The normalized spacial score (nSPS) is 19.7. The van der Waals surface area contributed by atoms with Crippen LogP contribution in [0, 0.1) is 0 Å². The first-order valence-corrected chi connectivity index (χ1v) is 4.22. The molecule has 0 aromatic heterocycles. The van der Waals surface area contributed by atoms with Crippen LogP contribution < -0.4 is 0 Å². The van der Waals surface area contributed by atoms with Gasteiger partial charge in [-0.3, -0.25) is 9.59 Å². The maximum Gasteiger partial charge on any atom is 0.295 e. The van der Waals surface area contributed by atoms with E-state index in [2.05, 4.69) is 9.98 Å². The molecule has 5 heteroatoms. The van der Waals surface area contributed by atoms with Gasteiger partial charge in [-0.05, 0) is 28.7 Å². The summed E-state index contributed by atoms with van der Waals surface area (Å²) in [6, 6.07) is 0. The van der Waals surface area contributed by atoms with Crippen LogP contribution in [0.3, 0.4) is 0 Å². The summed E-state index contributed by atoms with van der Waals surface area (Å²) in [6.07, 6.45) is 2.96. The fraction of sp³-hybridized carbons (Fsp3) is 0.143. The van der Waals surface area contributed by atoms with Gasteiger partial charge in [0, 0.05) is 16.7 Å². The lowest BCUT2D eigenvalue weighted by atomic mass is 10.3. The van der Waals surface area contributed by atoms with Gasteiger partial charge in [0.1, 0.15) is 5.71 Å². The molecule has 0 N–H and O–H groups in total. The predicted octanol–water partition coefficient (Wildman–Crippen LogP) is 0.904. The van der Waals surface area contributed by atoms with E-state index in [9.17, 15) is 9.59 Å². The van der Waals surface area contributed by atoms with Crippen LogP contribution in [0.4, 0.5) is 0 Å². The van der Waals surface area contributed by atoms with Crippen LogP contribution in [0.1, 0.15) is 6.92 Å². The Bertz CT molecular complexity index is 328. The number of halogens is 1. The number of rotatable bonds is 0. The molecule has 62 valence electrons. The first-order valence-electron chi connectivity index (χ1n) is 3.14. The smallest absolute Gasteiger partial charge is 0.273 e. The molecule has 12 heavy (non-hydrogen) atoms. The summed E-state index contributed by atoms with van der Waals surface area (Å²) in [4.78, 5) is 28.5. The SMILES string of the molecule is CC(=O)N=C1C=C(I)C=NC1=O. The first-order chi connectivity index (χ1) is 5.59. The summed E-state index contributed by atoms with van der Waals surface area (Å²) in [5, 5.41) is 0. The van der Waals surface area contributed by atoms with Crippen molar-refractivity contribution < 1.29 is 9.59 Å². The molecule has 1 heterocycles. The van der Waals surface area contributed by atoms with Crippen LogP contribution in [0.5, 0.6) is 0 Å². The van der Waals surface area contributed by atoms with Crippen molar-refractivity contribution in [2.45, 2.75) is 6.92 Å². The van der Waals surface area contributed by atoms with Gasteiger partial charge in [-0.15, -0.1) is 0 Å². The van der Waals surface area contributed by atoms with Crippen molar-refractivity contribution >= 4 is 46.3 Å². The van der Waals surface area contributed by atoms with Crippen LogP contribution in [-0.2, 0) is 9.59 Å². The lowest BCUT2D eigenvalue weighted by molar-refractivity contribution is -0.116. The molecule has 0 spiro atoms. The number of carbonyl (C=O) groups is 2. The standard InChI is InChI=1S/C7H5IN2O2/c1-4(11)10-6-2-5(8)3-9-7(6)12/h2-3H,1H3. The highest BCUT2D eigenvalue weighted by Gasteiger charge is 2.12. The van der Waals surface area contributed by atoms with Gasteiger partial charge in [-0.25, -0.2) is 9.98 Å². The van der Waals surface area contributed by atoms with Gasteiger partial charge >= 0.3 is 0 Å². The Hall–Kier alpha value is -0.850. The summed E-state index contributed by atoms with van der Waals surface area (Å²) in [7, 11) is 0. The Morgan fingerprint density at radius 1 is 1.67 bits per heavy atom. The van der Waals surface area contributed by atoms with Crippen molar-refractivity contribution in [2.24, 2.45) is 9.98 Å². The zero-order chi connectivity index (χ0) is 9.14. The van der Waals surface area contributed by atoms with Gasteiger partial charge < -0.3 is 0 Å². The van der Waals surface area contributed by atoms with Crippen LogP contribution in [0.25, 0.3) is 0 Å². The van der Waals surface area contributed by atoms with Gasteiger partial charge in [0.15, 0.2) is 0 Å². The number of carbonyl (C=O) groups excluding carboxylic acids is 2. The average molecular weight is 276 g/mol. The van der Waals surface area contributed by atoms with Crippen molar-refractivity contribution in [1.29, 1.82) is 0 Å². The molecular weight excluding hydrogens is 271 g/mol. The number of aliphatic imine (C=N–C) groups is 2. The molecule has 1 aliphatic heterocycles. The molecule has 4 nitrogen and oxygen atoms in total. The van der Waals surface area contributed by atoms with Gasteiger partial charge in [0.05, 0.1) is 0 Å². The monoisotopic (exact) mass is 276 g/mol. The number of amides is 2. The number of nitrogens with zero attached hydrogens (tertiary/aromatic N) is 2. The molecule has 0 unspecified atom stereocenters. The Labute approximate surface area is 82.6 Å². The van der Waals surface area contributed by atoms with E-state index in [0.717, 1.165) is 3.58 Å². The molecule has 0 atom stereocenters. The molecule has 1 aliphatic rings. The fourth-order valence-corrected chi connectivity index (χ4v) is 1.10. The van der Waals surface area contributed by atoms with Gasteiger partial charge in [-0.2, -0.15) is 0 Å². The summed E-state index contributed by atoms with van der Waals surface area (Å²) < 4.78 is 0.784. The van der Waals surface area contributed by atoms with Crippen LogP contribution in [0.2, 0.25) is 0 Å². The minimum atomic E-state index is -0.467. The second-order valence-electron chi connectivity index (χ2n) is 2.11. The highest BCUT2D eigenvalue weighted by Crippen LogP contribution is 2.08. The maximum absolute atomic E-state index is 10.9. The lowest BCUT2D eigenvalue weighted by Gasteiger charge is -1.99. The van der Waals surface area contributed by atoms with Gasteiger partial charge in [0.2, 0.25) is 5.91 Å². The maximum atomic E-state index is 10.9. The summed E-state index contributed by atoms with van der Waals surface area (Å²) >= 11 is 2.00. The third-order valence-electron chi connectivity index (χ3n) is 1.08. The molecule has 0 fully saturated rings. The first kappa shape index (κ1) is 9.24. The molecule has 0 saturated carbocycles. The second-order valence-corrected chi connectivity index (χ2v) is 3.35. The van der Waals surface area contributed by atoms with Crippen LogP contribution in [-0.4, -0.2) is 23.7 Å². The van der Waals surface area contributed by atoms with E-state index in [4.69, 9.17) is 0 Å². The molecule has 2 amide bonds. The van der Waals surface area contributed by atoms with Gasteiger partial charge in [-0.1, -0.05) is 0 Å². The largest absolute Gasteiger partial charge is 0.295 e.